The molecule has 7 heteroatoms. The van der Waals surface area contributed by atoms with E-state index in [0.717, 1.165) is 0 Å². The van der Waals surface area contributed by atoms with Crippen molar-refractivity contribution >= 4 is 17.3 Å². The molecule has 0 spiro atoms. The van der Waals surface area contributed by atoms with E-state index in [1.165, 1.54) is 12.3 Å². The zero-order valence-electron chi connectivity index (χ0n) is 9.66. The van der Waals surface area contributed by atoms with Gasteiger partial charge in [0, 0.05) is 18.2 Å². The molecule has 94 valence electrons. The first kappa shape index (κ1) is 12.0. The number of aliphatic carboxylic acids is 1. The van der Waals surface area contributed by atoms with E-state index < -0.39 is 10.9 Å². The highest BCUT2D eigenvalue weighted by atomic mass is 16.6. The van der Waals surface area contributed by atoms with Crippen molar-refractivity contribution in [3.63, 3.8) is 0 Å². The van der Waals surface area contributed by atoms with Gasteiger partial charge in [0.2, 0.25) is 0 Å². The van der Waals surface area contributed by atoms with Gasteiger partial charge in [-0.1, -0.05) is 0 Å². The third-order valence-corrected chi connectivity index (χ3v) is 2.69. The highest BCUT2D eigenvalue weighted by Crippen LogP contribution is 2.18. The van der Waals surface area contributed by atoms with Crippen LogP contribution in [0.15, 0.2) is 18.3 Å². The van der Waals surface area contributed by atoms with E-state index in [0.29, 0.717) is 23.5 Å². The second-order valence-electron chi connectivity index (χ2n) is 3.91. The van der Waals surface area contributed by atoms with Crippen molar-refractivity contribution in [3.05, 3.63) is 39.8 Å². The Labute approximate surface area is 102 Å². The van der Waals surface area contributed by atoms with Crippen molar-refractivity contribution in [2.24, 2.45) is 0 Å². The number of hydrogen-bond acceptors (Lipinski definition) is 4. The van der Waals surface area contributed by atoms with Gasteiger partial charge in [0.15, 0.2) is 0 Å². The minimum Gasteiger partial charge on any atom is -0.481 e. The van der Waals surface area contributed by atoms with Crippen LogP contribution in [0.3, 0.4) is 0 Å². The maximum absolute atomic E-state index is 10.7. The number of nitro groups is 1. The highest BCUT2D eigenvalue weighted by molar-refractivity contribution is 5.67. The number of carboxylic acids is 1. The van der Waals surface area contributed by atoms with Crippen molar-refractivity contribution in [1.29, 1.82) is 0 Å². The Hall–Kier alpha value is -2.44. The number of aryl methyl sites for hydroxylation is 2. The number of rotatable bonds is 4. The standard InChI is InChI=1S/C11H11N3O4/c1-7-9(3-5-11(15)16)13-6-8(14(17)18)2-4-10(13)12-7/h2,4,6H,3,5H2,1H3,(H,15,16). The topological polar surface area (TPSA) is 97.7 Å². The van der Waals surface area contributed by atoms with E-state index in [4.69, 9.17) is 5.11 Å². The molecule has 0 aliphatic carbocycles. The molecule has 0 aliphatic rings. The van der Waals surface area contributed by atoms with Gasteiger partial charge in [-0.15, -0.1) is 0 Å². The first-order valence-corrected chi connectivity index (χ1v) is 5.33. The van der Waals surface area contributed by atoms with Gasteiger partial charge < -0.3 is 5.11 Å². The van der Waals surface area contributed by atoms with Crippen LogP contribution in [0.4, 0.5) is 5.69 Å². The molecule has 0 unspecified atom stereocenters. The summed E-state index contributed by atoms with van der Waals surface area (Å²) in [6.45, 7) is 1.76. The van der Waals surface area contributed by atoms with E-state index >= 15 is 0 Å². The Balaban J connectivity index is 2.49. The van der Waals surface area contributed by atoms with E-state index in [-0.39, 0.29) is 12.1 Å². The van der Waals surface area contributed by atoms with Gasteiger partial charge in [0.25, 0.3) is 5.69 Å². The number of carbonyl (C=O) groups is 1. The van der Waals surface area contributed by atoms with Crippen LogP contribution >= 0.6 is 0 Å². The zero-order chi connectivity index (χ0) is 13.3. The fraction of sp³-hybridized carbons (Fsp3) is 0.273. The van der Waals surface area contributed by atoms with E-state index in [9.17, 15) is 14.9 Å². The molecule has 2 aromatic heterocycles. The van der Waals surface area contributed by atoms with Crippen molar-refractivity contribution < 1.29 is 14.8 Å². The maximum Gasteiger partial charge on any atom is 0.303 e. The number of nitrogens with zero attached hydrogens (tertiary/aromatic N) is 3. The molecule has 2 aromatic rings. The number of hydrogen-bond donors (Lipinski definition) is 1. The Morgan fingerprint density at radius 1 is 1.56 bits per heavy atom. The molecular formula is C11H11N3O4. The molecule has 0 saturated carbocycles. The summed E-state index contributed by atoms with van der Waals surface area (Å²) in [7, 11) is 0. The van der Waals surface area contributed by atoms with E-state index in [1.54, 1.807) is 17.4 Å². The van der Waals surface area contributed by atoms with Crippen LogP contribution in [0.5, 0.6) is 0 Å². The molecule has 0 fully saturated rings. The first-order valence-electron chi connectivity index (χ1n) is 5.33. The summed E-state index contributed by atoms with van der Waals surface area (Å²) in [6.07, 6.45) is 1.63. The molecule has 2 rings (SSSR count). The quantitative estimate of drug-likeness (QED) is 0.655. The minimum absolute atomic E-state index is 0.0304. The molecule has 0 aromatic carbocycles. The second-order valence-corrected chi connectivity index (χ2v) is 3.91. The smallest absolute Gasteiger partial charge is 0.303 e. The van der Waals surface area contributed by atoms with Crippen LogP contribution in [0.1, 0.15) is 17.8 Å². The lowest BCUT2D eigenvalue weighted by atomic mass is 10.2. The number of pyridine rings is 1. The van der Waals surface area contributed by atoms with Gasteiger partial charge in [0.1, 0.15) is 5.65 Å². The molecule has 2 heterocycles. The summed E-state index contributed by atoms with van der Waals surface area (Å²) in [5, 5.41) is 19.4. The molecule has 0 amide bonds. The molecule has 1 N–H and O–H groups in total. The van der Waals surface area contributed by atoms with Gasteiger partial charge in [-0.2, -0.15) is 0 Å². The van der Waals surface area contributed by atoms with Crippen molar-refractivity contribution in [1.82, 2.24) is 9.38 Å². The summed E-state index contributed by atoms with van der Waals surface area (Å²) in [5.74, 6) is -0.908. The minimum atomic E-state index is -0.908. The largest absolute Gasteiger partial charge is 0.481 e. The van der Waals surface area contributed by atoms with Crippen LogP contribution in [-0.4, -0.2) is 25.4 Å². The fourth-order valence-corrected chi connectivity index (χ4v) is 1.83. The predicted octanol–water partition coefficient (Wildman–Crippen LogP) is 1.57. The monoisotopic (exact) mass is 249 g/mol. The first-order chi connectivity index (χ1) is 8.49. The normalized spacial score (nSPS) is 10.7. The summed E-state index contributed by atoms with van der Waals surface area (Å²) < 4.78 is 1.58. The molecular weight excluding hydrogens is 238 g/mol. The SMILES string of the molecule is Cc1nc2ccc([N+](=O)[O-])cn2c1CCC(=O)O. The van der Waals surface area contributed by atoms with Gasteiger partial charge in [-0.25, -0.2) is 4.98 Å². The molecule has 0 atom stereocenters. The molecule has 0 saturated heterocycles. The van der Waals surface area contributed by atoms with Crippen LogP contribution in [0.25, 0.3) is 5.65 Å². The van der Waals surface area contributed by atoms with Gasteiger partial charge in [0.05, 0.1) is 23.2 Å². The number of imidazole rings is 1. The Morgan fingerprint density at radius 2 is 2.28 bits per heavy atom. The number of fused-ring (bicyclic) bond motifs is 1. The fourth-order valence-electron chi connectivity index (χ4n) is 1.83. The highest BCUT2D eigenvalue weighted by Gasteiger charge is 2.13. The summed E-state index contributed by atoms with van der Waals surface area (Å²) >= 11 is 0. The average Bonchev–Trinajstić information content (AvgIpc) is 2.60. The second kappa shape index (κ2) is 4.44. The van der Waals surface area contributed by atoms with Crippen LogP contribution in [0.2, 0.25) is 0 Å². The lowest BCUT2D eigenvalue weighted by Crippen LogP contribution is -2.02. The van der Waals surface area contributed by atoms with E-state index in [2.05, 4.69) is 4.98 Å². The van der Waals surface area contributed by atoms with Crippen molar-refractivity contribution in [2.75, 3.05) is 0 Å². The van der Waals surface area contributed by atoms with Gasteiger partial charge in [-0.05, 0) is 13.0 Å². The lowest BCUT2D eigenvalue weighted by Gasteiger charge is -2.01. The van der Waals surface area contributed by atoms with E-state index in [1.807, 2.05) is 0 Å². The third-order valence-electron chi connectivity index (χ3n) is 2.69. The summed E-state index contributed by atoms with van der Waals surface area (Å²) in [6, 6.07) is 2.93. The van der Waals surface area contributed by atoms with Crippen LogP contribution < -0.4 is 0 Å². The predicted molar refractivity (Wildman–Crippen MR) is 62.5 cm³/mol. The van der Waals surface area contributed by atoms with Crippen molar-refractivity contribution in [3.8, 4) is 0 Å². The summed E-state index contributed by atoms with van der Waals surface area (Å²) in [5.41, 5.74) is 1.92. The molecule has 7 nitrogen and oxygen atoms in total. The average molecular weight is 249 g/mol. The Kier molecular flexibility index (Phi) is 2.97. The van der Waals surface area contributed by atoms with Crippen molar-refractivity contribution in [2.45, 2.75) is 19.8 Å². The number of carboxylic acid groups (broad SMARTS) is 1. The molecule has 0 bridgehead atoms. The van der Waals surface area contributed by atoms with Crippen LogP contribution in [-0.2, 0) is 11.2 Å². The Bertz CT molecular complexity index is 632. The van der Waals surface area contributed by atoms with Crippen LogP contribution in [0, 0.1) is 17.0 Å². The maximum atomic E-state index is 10.7. The van der Waals surface area contributed by atoms with Gasteiger partial charge >= 0.3 is 5.97 Å². The molecule has 0 aliphatic heterocycles. The third kappa shape index (κ3) is 2.15. The molecule has 18 heavy (non-hydrogen) atoms. The Morgan fingerprint density at radius 3 is 2.89 bits per heavy atom. The lowest BCUT2D eigenvalue weighted by molar-refractivity contribution is -0.385. The number of aromatic nitrogens is 2. The van der Waals surface area contributed by atoms with Gasteiger partial charge in [-0.3, -0.25) is 19.3 Å². The zero-order valence-corrected chi connectivity index (χ0v) is 9.66. The summed E-state index contributed by atoms with van der Waals surface area (Å²) in [4.78, 5) is 25.0. The molecule has 0 radical (unpaired) electrons.